The third kappa shape index (κ3) is 3.30. The fourth-order valence-corrected chi connectivity index (χ4v) is 2.67. The number of anilines is 1. The molecule has 0 aromatic carbocycles. The maximum Gasteiger partial charge on any atom is 0.287 e. The van der Waals surface area contributed by atoms with Crippen LogP contribution in [0.5, 0.6) is 0 Å². The molecule has 2 aromatic heterocycles. The molecule has 1 fully saturated rings. The highest BCUT2D eigenvalue weighted by atomic mass is 16.6. The normalized spacial score (nSPS) is 15.5. The summed E-state index contributed by atoms with van der Waals surface area (Å²) in [6, 6.07) is 5.55. The van der Waals surface area contributed by atoms with E-state index < -0.39 is 4.92 Å². The molecule has 114 valence electrons. The summed E-state index contributed by atoms with van der Waals surface area (Å²) in [6.45, 7) is 0. The number of nitrogens with one attached hydrogen (secondary N) is 1. The Hall–Kier alpha value is -2.70. The summed E-state index contributed by atoms with van der Waals surface area (Å²) in [7, 11) is 0. The molecule has 1 aliphatic rings. The Balaban J connectivity index is 1.58. The average molecular weight is 299 g/mol. The van der Waals surface area contributed by atoms with Crippen LogP contribution in [0.1, 0.15) is 37.3 Å². The summed E-state index contributed by atoms with van der Waals surface area (Å²) in [4.78, 5) is 14.0. The molecule has 0 radical (unpaired) electrons. The standard InChI is InChI=1S/C15H17N5O2/c21-20(22)14-5-6-15(16-10-14)18-17-9-12-7-8-19(11-12)13-3-1-2-4-13/h5-11,13H,1-4H2,(H,16,18)/b17-9-. The first-order chi connectivity index (χ1) is 10.7. The van der Waals surface area contributed by atoms with Crippen molar-refractivity contribution in [1.29, 1.82) is 0 Å². The van der Waals surface area contributed by atoms with Crippen molar-refractivity contribution in [2.75, 3.05) is 5.43 Å². The summed E-state index contributed by atoms with van der Waals surface area (Å²) in [6.07, 6.45) is 12.2. The largest absolute Gasteiger partial charge is 0.351 e. The number of aromatic nitrogens is 2. The van der Waals surface area contributed by atoms with Gasteiger partial charge in [-0.15, -0.1) is 0 Å². The molecule has 1 aliphatic carbocycles. The molecule has 7 heteroatoms. The lowest BCUT2D eigenvalue weighted by Gasteiger charge is -2.10. The van der Waals surface area contributed by atoms with E-state index in [9.17, 15) is 10.1 Å². The van der Waals surface area contributed by atoms with Crippen molar-refractivity contribution in [3.05, 3.63) is 52.5 Å². The third-order valence-corrected chi connectivity index (χ3v) is 3.84. The van der Waals surface area contributed by atoms with E-state index in [1.807, 2.05) is 6.07 Å². The van der Waals surface area contributed by atoms with Crippen molar-refractivity contribution >= 4 is 17.7 Å². The van der Waals surface area contributed by atoms with Gasteiger partial charge in [-0.3, -0.25) is 15.5 Å². The number of hydrogen-bond acceptors (Lipinski definition) is 5. The fourth-order valence-electron chi connectivity index (χ4n) is 2.67. The van der Waals surface area contributed by atoms with Crippen LogP contribution in [0.25, 0.3) is 0 Å². The second-order valence-corrected chi connectivity index (χ2v) is 5.36. The summed E-state index contributed by atoms with van der Waals surface area (Å²) in [5.74, 6) is 0.470. The van der Waals surface area contributed by atoms with Gasteiger partial charge in [0.2, 0.25) is 0 Å². The van der Waals surface area contributed by atoms with Gasteiger partial charge in [-0.1, -0.05) is 12.8 Å². The Bertz CT molecular complexity index is 671. The monoisotopic (exact) mass is 299 g/mol. The van der Waals surface area contributed by atoms with Crippen LogP contribution in [0.15, 0.2) is 41.9 Å². The van der Waals surface area contributed by atoms with Crippen molar-refractivity contribution in [2.24, 2.45) is 5.10 Å². The highest BCUT2D eigenvalue weighted by Crippen LogP contribution is 2.29. The molecular formula is C15H17N5O2. The van der Waals surface area contributed by atoms with Gasteiger partial charge in [-0.05, 0) is 25.0 Å². The highest BCUT2D eigenvalue weighted by molar-refractivity contribution is 5.79. The Morgan fingerprint density at radius 2 is 2.18 bits per heavy atom. The second kappa shape index (κ2) is 6.38. The van der Waals surface area contributed by atoms with Gasteiger partial charge >= 0.3 is 0 Å². The van der Waals surface area contributed by atoms with Gasteiger partial charge in [0, 0.05) is 30.1 Å². The van der Waals surface area contributed by atoms with Crippen molar-refractivity contribution in [2.45, 2.75) is 31.7 Å². The Labute approximate surface area is 127 Å². The van der Waals surface area contributed by atoms with Gasteiger partial charge in [0.05, 0.1) is 11.1 Å². The molecule has 0 bridgehead atoms. The van der Waals surface area contributed by atoms with Gasteiger partial charge in [0.25, 0.3) is 5.69 Å². The van der Waals surface area contributed by atoms with E-state index in [1.165, 1.54) is 44.0 Å². The molecule has 22 heavy (non-hydrogen) atoms. The fraction of sp³-hybridized carbons (Fsp3) is 0.333. The van der Waals surface area contributed by atoms with Crippen LogP contribution in [-0.2, 0) is 0 Å². The van der Waals surface area contributed by atoms with Gasteiger partial charge in [0.1, 0.15) is 12.0 Å². The van der Waals surface area contributed by atoms with Crippen LogP contribution in [0.4, 0.5) is 11.5 Å². The Morgan fingerprint density at radius 3 is 2.86 bits per heavy atom. The first kappa shape index (κ1) is 14.2. The van der Waals surface area contributed by atoms with Crippen molar-refractivity contribution in [3.63, 3.8) is 0 Å². The lowest BCUT2D eigenvalue weighted by molar-refractivity contribution is -0.385. The van der Waals surface area contributed by atoms with Gasteiger partial charge < -0.3 is 4.57 Å². The predicted molar refractivity (Wildman–Crippen MR) is 84.0 cm³/mol. The van der Waals surface area contributed by atoms with E-state index >= 15 is 0 Å². The summed E-state index contributed by atoms with van der Waals surface area (Å²) >= 11 is 0. The average Bonchev–Trinajstić information content (AvgIpc) is 3.19. The highest BCUT2D eigenvalue weighted by Gasteiger charge is 2.15. The number of rotatable bonds is 5. The zero-order chi connectivity index (χ0) is 15.4. The second-order valence-electron chi connectivity index (χ2n) is 5.36. The minimum atomic E-state index is -0.480. The van der Waals surface area contributed by atoms with Crippen molar-refractivity contribution < 1.29 is 4.92 Å². The van der Waals surface area contributed by atoms with Crippen molar-refractivity contribution in [1.82, 2.24) is 9.55 Å². The first-order valence-electron chi connectivity index (χ1n) is 7.29. The van der Waals surface area contributed by atoms with E-state index in [0.717, 1.165) is 5.56 Å². The number of nitrogens with zero attached hydrogens (tertiary/aromatic N) is 4. The lowest BCUT2D eigenvalue weighted by Crippen LogP contribution is -2.00. The molecule has 0 amide bonds. The predicted octanol–water partition coefficient (Wildman–Crippen LogP) is 3.35. The Morgan fingerprint density at radius 1 is 1.36 bits per heavy atom. The quantitative estimate of drug-likeness (QED) is 0.521. The van der Waals surface area contributed by atoms with Crippen LogP contribution in [0.3, 0.4) is 0 Å². The van der Waals surface area contributed by atoms with Crippen LogP contribution in [0, 0.1) is 10.1 Å². The molecule has 1 saturated carbocycles. The molecule has 0 unspecified atom stereocenters. The number of pyridine rings is 1. The number of hydrogen-bond donors (Lipinski definition) is 1. The van der Waals surface area contributed by atoms with Crippen LogP contribution in [0.2, 0.25) is 0 Å². The zero-order valence-electron chi connectivity index (χ0n) is 12.1. The van der Waals surface area contributed by atoms with Gasteiger partial charge in [0.15, 0.2) is 0 Å². The summed E-state index contributed by atoms with van der Waals surface area (Å²) < 4.78 is 2.25. The van der Waals surface area contributed by atoms with Gasteiger partial charge in [-0.25, -0.2) is 4.98 Å². The van der Waals surface area contributed by atoms with Crippen LogP contribution >= 0.6 is 0 Å². The zero-order valence-corrected chi connectivity index (χ0v) is 12.1. The van der Waals surface area contributed by atoms with Crippen LogP contribution < -0.4 is 5.43 Å². The molecule has 3 rings (SSSR count). The van der Waals surface area contributed by atoms with Gasteiger partial charge in [-0.2, -0.15) is 5.10 Å². The Kier molecular flexibility index (Phi) is 4.13. The summed E-state index contributed by atoms with van der Waals surface area (Å²) in [5, 5.41) is 14.6. The SMILES string of the molecule is O=[N+]([O-])c1ccc(N/N=C\c2ccn(C3CCCC3)c2)nc1. The molecule has 1 N–H and O–H groups in total. The maximum absolute atomic E-state index is 10.5. The van der Waals surface area contributed by atoms with Crippen LogP contribution in [-0.4, -0.2) is 20.7 Å². The molecular weight excluding hydrogens is 282 g/mol. The van der Waals surface area contributed by atoms with E-state index in [1.54, 1.807) is 6.21 Å². The minimum absolute atomic E-state index is 0.0387. The lowest BCUT2D eigenvalue weighted by atomic mass is 10.2. The molecule has 2 heterocycles. The van der Waals surface area contributed by atoms with E-state index in [-0.39, 0.29) is 5.69 Å². The van der Waals surface area contributed by atoms with E-state index in [0.29, 0.717) is 11.9 Å². The maximum atomic E-state index is 10.5. The molecule has 2 aromatic rings. The molecule has 0 aliphatic heterocycles. The molecule has 0 saturated heterocycles. The number of nitro groups is 1. The molecule has 7 nitrogen and oxygen atoms in total. The molecule has 0 atom stereocenters. The van der Waals surface area contributed by atoms with Crippen molar-refractivity contribution in [3.8, 4) is 0 Å². The third-order valence-electron chi connectivity index (χ3n) is 3.84. The van der Waals surface area contributed by atoms with E-state index in [2.05, 4.69) is 32.5 Å². The molecule has 0 spiro atoms. The minimum Gasteiger partial charge on any atom is -0.351 e. The first-order valence-corrected chi connectivity index (χ1v) is 7.29. The smallest absolute Gasteiger partial charge is 0.287 e. The summed E-state index contributed by atoms with van der Waals surface area (Å²) in [5.41, 5.74) is 3.74. The van der Waals surface area contributed by atoms with E-state index in [4.69, 9.17) is 0 Å². The topological polar surface area (TPSA) is 85.4 Å². The number of hydrazone groups is 1.